The van der Waals surface area contributed by atoms with E-state index in [4.69, 9.17) is 0 Å². The van der Waals surface area contributed by atoms with E-state index >= 15 is 0 Å². The van der Waals surface area contributed by atoms with Crippen LogP contribution < -0.4 is 0 Å². The third-order valence-electron chi connectivity index (χ3n) is 4.15. The third-order valence-corrected chi connectivity index (χ3v) is 5.01. The molecular weight excluding hydrogens is 280 g/mol. The first-order valence-electron chi connectivity index (χ1n) is 7.81. The summed E-state index contributed by atoms with van der Waals surface area (Å²) in [6, 6.07) is 4.10. The van der Waals surface area contributed by atoms with Crippen LogP contribution in [0, 0.1) is 0 Å². The number of hydrogen-bond acceptors (Lipinski definition) is 3. The second-order valence-corrected chi connectivity index (χ2v) is 6.80. The highest BCUT2D eigenvalue weighted by molar-refractivity contribution is 7.12. The Morgan fingerprint density at radius 1 is 1.52 bits per heavy atom. The number of hydrogen-bond donors (Lipinski definition) is 0. The Balaban J connectivity index is 2.14. The van der Waals surface area contributed by atoms with E-state index in [9.17, 15) is 4.79 Å². The van der Waals surface area contributed by atoms with Crippen LogP contribution >= 0.6 is 11.3 Å². The van der Waals surface area contributed by atoms with Gasteiger partial charge in [-0.25, -0.2) is 0 Å². The highest BCUT2D eigenvalue weighted by Gasteiger charge is 2.26. The van der Waals surface area contributed by atoms with Gasteiger partial charge >= 0.3 is 0 Å². The highest BCUT2D eigenvalue weighted by Crippen LogP contribution is 2.23. The maximum Gasteiger partial charge on any atom is 0.264 e. The Morgan fingerprint density at radius 2 is 2.33 bits per heavy atom. The van der Waals surface area contributed by atoms with Gasteiger partial charge < -0.3 is 9.80 Å². The summed E-state index contributed by atoms with van der Waals surface area (Å²) < 4.78 is 0. The van der Waals surface area contributed by atoms with E-state index in [-0.39, 0.29) is 11.9 Å². The molecule has 2 rings (SSSR count). The van der Waals surface area contributed by atoms with Crippen molar-refractivity contribution in [2.24, 2.45) is 0 Å². The van der Waals surface area contributed by atoms with E-state index in [1.54, 1.807) is 0 Å². The lowest BCUT2D eigenvalue weighted by atomic mass is 9.96. The van der Waals surface area contributed by atoms with Gasteiger partial charge in [0.15, 0.2) is 0 Å². The molecule has 0 aliphatic carbocycles. The van der Waals surface area contributed by atoms with Crippen LogP contribution in [0.4, 0.5) is 0 Å². The van der Waals surface area contributed by atoms with Gasteiger partial charge in [0, 0.05) is 20.1 Å². The van der Waals surface area contributed by atoms with Crippen LogP contribution in [-0.4, -0.2) is 48.9 Å². The van der Waals surface area contributed by atoms with Gasteiger partial charge in [-0.05, 0) is 36.9 Å². The lowest BCUT2D eigenvalue weighted by molar-refractivity contribution is 0.0744. The number of amides is 1. The first-order valence-corrected chi connectivity index (χ1v) is 8.69. The van der Waals surface area contributed by atoms with Crippen LogP contribution in [0.15, 0.2) is 29.2 Å². The molecule has 1 amide bonds. The van der Waals surface area contributed by atoms with Crippen LogP contribution in [-0.2, 0) is 0 Å². The molecule has 4 heteroatoms. The van der Waals surface area contributed by atoms with Crippen molar-refractivity contribution in [3.8, 4) is 0 Å². The van der Waals surface area contributed by atoms with Gasteiger partial charge in [0.2, 0.25) is 0 Å². The summed E-state index contributed by atoms with van der Waals surface area (Å²) in [6.45, 7) is 4.31. The smallest absolute Gasteiger partial charge is 0.264 e. The average Bonchev–Trinajstić information content (AvgIpc) is 3.01. The number of carbonyl (C=O) groups is 1. The number of likely N-dealkylation sites (N-methyl/N-ethyl adjacent to an activating group) is 2. The molecular formula is C17H26N2OS. The van der Waals surface area contributed by atoms with Crippen molar-refractivity contribution >= 4 is 17.2 Å². The summed E-state index contributed by atoms with van der Waals surface area (Å²) in [5.41, 5.74) is 1.41. The first-order chi connectivity index (χ1) is 10.1. The van der Waals surface area contributed by atoms with Crippen LogP contribution in [0.5, 0.6) is 0 Å². The van der Waals surface area contributed by atoms with Gasteiger partial charge in [0.05, 0.1) is 10.9 Å². The molecule has 0 bridgehead atoms. The quantitative estimate of drug-likeness (QED) is 0.749. The van der Waals surface area contributed by atoms with Crippen LogP contribution in [0.25, 0.3) is 0 Å². The van der Waals surface area contributed by atoms with Crippen molar-refractivity contribution in [2.45, 2.75) is 38.6 Å². The molecule has 3 nitrogen and oxygen atoms in total. The molecule has 2 heterocycles. The van der Waals surface area contributed by atoms with Crippen molar-refractivity contribution in [3.63, 3.8) is 0 Å². The average molecular weight is 306 g/mol. The van der Waals surface area contributed by atoms with Crippen LogP contribution in [0.3, 0.4) is 0 Å². The molecule has 1 aliphatic rings. The number of unbranched alkanes of at least 4 members (excludes halogenated alkanes) is 1. The van der Waals surface area contributed by atoms with E-state index in [2.05, 4.69) is 24.9 Å². The molecule has 0 N–H and O–H groups in total. The molecule has 116 valence electrons. The summed E-state index contributed by atoms with van der Waals surface area (Å²) in [6.07, 6.45) is 6.83. The fourth-order valence-electron chi connectivity index (χ4n) is 2.91. The molecule has 0 aromatic carbocycles. The second kappa shape index (κ2) is 7.76. The zero-order valence-electron chi connectivity index (χ0n) is 13.3. The summed E-state index contributed by atoms with van der Waals surface area (Å²) in [7, 11) is 4.11. The molecule has 0 saturated heterocycles. The predicted octanol–water partition coefficient (Wildman–Crippen LogP) is 3.64. The van der Waals surface area contributed by atoms with Crippen LogP contribution in [0.2, 0.25) is 0 Å². The fraction of sp³-hybridized carbons (Fsp3) is 0.588. The lowest BCUT2D eigenvalue weighted by Crippen LogP contribution is -2.42. The number of rotatable bonds is 6. The zero-order chi connectivity index (χ0) is 15.2. The van der Waals surface area contributed by atoms with Gasteiger partial charge in [-0.3, -0.25) is 4.79 Å². The molecule has 0 spiro atoms. The SMILES string of the molecule is CCCCC(C1=CCCN(C)C1)N(C)C(=O)c1cccs1. The van der Waals surface area contributed by atoms with Crippen molar-refractivity contribution < 1.29 is 4.79 Å². The monoisotopic (exact) mass is 306 g/mol. The molecule has 1 aromatic heterocycles. The van der Waals surface area contributed by atoms with Crippen LogP contribution in [0.1, 0.15) is 42.3 Å². The Hall–Kier alpha value is -1.13. The standard InChI is InChI=1S/C17H26N2OS/c1-4-5-9-15(14-8-6-11-18(2)13-14)19(3)17(20)16-10-7-12-21-16/h7-8,10,12,15H,4-6,9,11,13H2,1-3H3. The normalized spacial score (nSPS) is 17.4. The van der Waals surface area contributed by atoms with Gasteiger partial charge in [0.1, 0.15) is 0 Å². The van der Waals surface area contributed by atoms with E-state index in [0.29, 0.717) is 0 Å². The Kier molecular flexibility index (Phi) is 6.00. The highest BCUT2D eigenvalue weighted by atomic mass is 32.1. The van der Waals surface area contributed by atoms with E-state index in [0.717, 1.165) is 37.2 Å². The Bertz CT molecular complexity index is 481. The summed E-state index contributed by atoms with van der Waals surface area (Å²) in [5, 5.41) is 1.97. The molecule has 1 atom stereocenters. The molecule has 0 saturated carbocycles. The van der Waals surface area contributed by atoms with Crippen molar-refractivity contribution in [2.75, 3.05) is 27.2 Å². The zero-order valence-corrected chi connectivity index (χ0v) is 14.2. The minimum Gasteiger partial charge on any atom is -0.334 e. The summed E-state index contributed by atoms with van der Waals surface area (Å²) in [4.78, 5) is 17.8. The van der Waals surface area contributed by atoms with Crippen molar-refractivity contribution in [1.82, 2.24) is 9.80 Å². The van der Waals surface area contributed by atoms with Crippen molar-refractivity contribution in [1.29, 1.82) is 0 Å². The minimum atomic E-state index is 0.153. The first kappa shape index (κ1) is 16.2. The van der Waals surface area contributed by atoms with Crippen molar-refractivity contribution in [3.05, 3.63) is 34.0 Å². The summed E-state index contributed by atoms with van der Waals surface area (Å²) >= 11 is 1.53. The maximum absolute atomic E-state index is 12.6. The minimum absolute atomic E-state index is 0.153. The van der Waals surface area contributed by atoms with Gasteiger partial charge in [-0.2, -0.15) is 0 Å². The summed E-state index contributed by atoms with van der Waals surface area (Å²) in [5.74, 6) is 0.153. The Morgan fingerprint density at radius 3 is 2.95 bits per heavy atom. The Labute approximate surface area is 132 Å². The molecule has 0 fully saturated rings. The molecule has 1 aliphatic heterocycles. The van der Waals surface area contributed by atoms with Gasteiger partial charge in [-0.15, -0.1) is 11.3 Å². The predicted molar refractivity (Wildman–Crippen MR) is 89.9 cm³/mol. The van der Waals surface area contributed by atoms with E-state index in [1.165, 1.54) is 23.3 Å². The topological polar surface area (TPSA) is 23.6 Å². The number of thiophene rings is 1. The fourth-order valence-corrected chi connectivity index (χ4v) is 3.61. The number of carbonyl (C=O) groups excluding carboxylic acids is 1. The van der Waals surface area contributed by atoms with Gasteiger partial charge in [-0.1, -0.05) is 31.9 Å². The largest absolute Gasteiger partial charge is 0.334 e. The van der Waals surface area contributed by atoms with E-state index < -0.39 is 0 Å². The lowest BCUT2D eigenvalue weighted by Gasteiger charge is -2.34. The molecule has 0 radical (unpaired) electrons. The molecule has 1 aromatic rings. The molecule has 1 unspecified atom stereocenters. The maximum atomic E-state index is 12.6. The molecule has 21 heavy (non-hydrogen) atoms. The number of nitrogens with zero attached hydrogens (tertiary/aromatic N) is 2. The third kappa shape index (κ3) is 4.17. The van der Waals surface area contributed by atoms with Gasteiger partial charge in [0.25, 0.3) is 5.91 Å². The van der Waals surface area contributed by atoms with E-state index in [1.807, 2.05) is 29.5 Å². The second-order valence-electron chi connectivity index (χ2n) is 5.86.